The van der Waals surface area contributed by atoms with Gasteiger partial charge >= 0.3 is 0 Å². The van der Waals surface area contributed by atoms with E-state index in [1.165, 1.54) is 19.2 Å². The number of ether oxygens (including phenoxy) is 1. The topological polar surface area (TPSA) is 81.4 Å². The van der Waals surface area contributed by atoms with Crippen LogP contribution in [0.2, 0.25) is 0 Å². The predicted octanol–water partition coefficient (Wildman–Crippen LogP) is 1.49. The van der Waals surface area contributed by atoms with Gasteiger partial charge < -0.3 is 10.5 Å². The largest absolute Gasteiger partial charge is 0.497 e. The lowest BCUT2D eigenvalue weighted by Crippen LogP contribution is -2.52. The molecule has 0 spiro atoms. The summed E-state index contributed by atoms with van der Waals surface area (Å²) in [5.41, 5.74) is 5.12. The first-order valence-electron chi connectivity index (χ1n) is 6.31. The van der Waals surface area contributed by atoms with Gasteiger partial charge in [-0.15, -0.1) is 0 Å². The maximum Gasteiger partial charge on any atom is 0.241 e. The lowest BCUT2D eigenvalue weighted by atomic mass is 9.95. The average Bonchev–Trinajstić information content (AvgIpc) is 2.45. The van der Waals surface area contributed by atoms with E-state index in [1.807, 2.05) is 13.8 Å². The summed E-state index contributed by atoms with van der Waals surface area (Å²) < 4.78 is 32.5. The smallest absolute Gasteiger partial charge is 0.241 e. The van der Waals surface area contributed by atoms with Crippen LogP contribution in [-0.4, -0.2) is 27.6 Å². The van der Waals surface area contributed by atoms with E-state index in [9.17, 15) is 8.42 Å². The highest BCUT2D eigenvalue weighted by atomic mass is 32.2. The molecule has 1 aromatic rings. The number of benzene rings is 1. The van der Waals surface area contributed by atoms with Gasteiger partial charge in [-0.3, -0.25) is 0 Å². The van der Waals surface area contributed by atoms with Crippen molar-refractivity contribution in [1.29, 1.82) is 0 Å². The molecule has 0 heterocycles. The van der Waals surface area contributed by atoms with Crippen molar-refractivity contribution in [3.05, 3.63) is 24.3 Å². The van der Waals surface area contributed by atoms with Crippen LogP contribution in [0.25, 0.3) is 0 Å². The highest BCUT2D eigenvalue weighted by molar-refractivity contribution is 7.89. The molecule has 6 heteroatoms. The summed E-state index contributed by atoms with van der Waals surface area (Å²) >= 11 is 0. The van der Waals surface area contributed by atoms with Gasteiger partial charge in [0.15, 0.2) is 0 Å². The van der Waals surface area contributed by atoms with Crippen LogP contribution in [0.15, 0.2) is 29.2 Å². The fourth-order valence-corrected chi connectivity index (χ4v) is 3.43. The molecule has 0 aromatic heterocycles. The molecule has 0 saturated carbocycles. The Bertz CT molecular complexity index is 502. The molecule has 5 nitrogen and oxygen atoms in total. The number of methoxy groups -OCH3 is 1. The maximum absolute atomic E-state index is 12.4. The molecule has 0 amide bonds. The number of nitrogens with one attached hydrogen (secondary N) is 1. The molecule has 19 heavy (non-hydrogen) atoms. The van der Waals surface area contributed by atoms with Crippen LogP contribution in [0.5, 0.6) is 5.75 Å². The van der Waals surface area contributed by atoms with Gasteiger partial charge in [0, 0.05) is 18.2 Å². The predicted molar refractivity (Wildman–Crippen MR) is 75.7 cm³/mol. The molecule has 0 saturated heterocycles. The van der Waals surface area contributed by atoms with Crippen LogP contribution in [0.4, 0.5) is 0 Å². The molecule has 0 radical (unpaired) electrons. The second-order valence-corrected chi connectivity index (χ2v) is 6.16. The minimum absolute atomic E-state index is 0.187. The molecule has 0 bridgehead atoms. The first-order valence-corrected chi connectivity index (χ1v) is 7.79. The van der Waals surface area contributed by atoms with Gasteiger partial charge in [-0.1, -0.05) is 19.9 Å². The Balaban J connectivity index is 3.10. The molecule has 0 aliphatic rings. The zero-order chi connectivity index (χ0) is 14.5. The summed E-state index contributed by atoms with van der Waals surface area (Å²) in [6.07, 6.45) is 1.28. The van der Waals surface area contributed by atoms with Crippen molar-refractivity contribution in [3.8, 4) is 5.75 Å². The van der Waals surface area contributed by atoms with E-state index in [0.29, 0.717) is 18.6 Å². The zero-order valence-electron chi connectivity index (χ0n) is 11.6. The molecule has 3 N–H and O–H groups in total. The average molecular weight is 286 g/mol. The zero-order valence-corrected chi connectivity index (χ0v) is 12.5. The molecule has 0 fully saturated rings. The second-order valence-electron chi connectivity index (χ2n) is 4.48. The van der Waals surface area contributed by atoms with Crippen LogP contribution in [0.1, 0.15) is 26.7 Å². The molecule has 0 aliphatic carbocycles. The van der Waals surface area contributed by atoms with E-state index in [4.69, 9.17) is 10.5 Å². The van der Waals surface area contributed by atoms with Crippen molar-refractivity contribution < 1.29 is 13.2 Å². The highest BCUT2D eigenvalue weighted by Gasteiger charge is 2.30. The minimum atomic E-state index is -3.60. The molecule has 108 valence electrons. The summed E-state index contributed by atoms with van der Waals surface area (Å²) in [5, 5.41) is 0. The number of hydrogen-bond acceptors (Lipinski definition) is 4. The van der Waals surface area contributed by atoms with Crippen molar-refractivity contribution in [2.45, 2.75) is 37.1 Å². The quantitative estimate of drug-likeness (QED) is 0.795. The van der Waals surface area contributed by atoms with E-state index in [1.54, 1.807) is 12.1 Å². The van der Waals surface area contributed by atoms with Crippen molar-refractivity contribution in [3.63, 3.8) is 0 Å². The molecular formula is C13H22N2O3S. The Hall–Kier alpha value is -1.11. The molecule has 1 rings (SSSR count). The van der Waals surface area contributed by atoms with Crippen LogP contribution in [0, 0.1) is 0 Å². The summed E-state index contributed by atoms with van der Waals surface area (Å²) in [6, 6.07) is 6.39. The third kappa shape index (κ3) is 3.68. The van der Waals surface area contributed by atoms with Gasteiger partial charge in [-0.2, -0.15) is 0 Å². The summed E-state index contributed by atoms with van der Waals surface area (Å²) in [4.78, 5) is 0.187. The van der Waals surface area contributed by atoms with Crippen molar-refractivity contribution >= 4 is 10.0 Å². The summed E-state index contributed by atoms with van der Waals surface area (Å²) in [6.45, 7) is 4.11. The van der Waals surface area contributed by atoms with Crippen LogP contribution in [0.3, 0.4) is 0 Å². The molecule has 1 aromatic carbocycles. The van der Waals surface area contributed by atoms with Crippen molar-refractivity contribution in [2.75, 3.05) is 13.7 Å². The fourth-order valence-electron chi connectivity index (χ4n) is 1.84. The third-order valence-corrected chi connectivity index (χ3v) is 5.02. The van der Waals surface area contributed by atoms with E-state index in [2.05, 4.69) is 4.72 Å². The first-order chi connectivity index (χ1) is 8.93. The molecule has 0 unspecified atom stereocenters. The number of nitrogens with two attached hydrogens (primary N) is 1. The van der Waals surface area contributed by atoms with Crippen molar-refractivity contribution in [2.24, 2.45) is 5.73 Å². The first kappa shape index (κ1) is 15.9. The number of hydrogen-bond donors (Lipinski definition) is 2. The van der Waals surface area contributed by atoms with Gasteiger partial charge in [-0.25, -0.2) is 13.1 Å². The Labute approximate surface area is 115 Å². The van der Waals surface area contributed by atoms with E-state index in [-0.39, 0.29) is 11.4 Å². The van der Waals surface area contributed by atoms with E-state index in [0.717, 1.165) is 0 Å². The lowest BCUT2D eigenvalue weighted by molar-refractivity contribution is 0.363. The normalized spacial score (nSPS) is 12.4. The van der Waals surface area contributed by atoms with Crippen LogP contribution >= 0.6 is 0 Å². The minimum Gasteiger partial charge on any atom is -0.497 e. The van der Waals surface area contributed by atoms with Gasteiger partial charge in [0.05, 0.1) is 12.0 Å². The molecular weight excluding hydrogens is 264 g/mol. The monoisotopic (exact) mass is 286 g/mol. The fraction of sp³-hybridized carbons (Fsp3) is 0.538. The SMILES string of the molecule is CCC(CC)(CN)NS(=O)(=O)c1cccc(OC)c1. The van der Waals surface area contributed by atoms with Crippen LogP contribution in [-0.2, 0) is 10.0 Å². The number of sulfonamides is 1. The Morgan fingerprint density at radius 2 is 1.95 bits per heavy atom. The Morgan fingerprint density at radius 3 is 2.42 bits per heavy atom. The maximum atomic E-state index is 12.4. The van der Waals surface area contributed by atoms with Gasteiger partial charge in [0.1, 0.15) is 5.75 Å². The number of rotatable bonds is 7. The summed E-state index contributed by atoms with van der Waals surface area (Å²) in [5.74, 6) is 0.509. The molecule has 0 aliphatic heterocycles. The molecule has 0 atom stereocenters. The second kappa shape index (κ2) is 6.36. The third-order valence-electron chi connectivity index (χ3n) is 3.45. The van der Waals surface area contributed by atoms with Gasteiger partial charge in [-0.05, 0) is 25.0 Å². The van der Waals surface area contributed by atoms with Gasteiger partial charge in [0.2, 0.25) is 10.0 Å². The van der Waals surface area contributed by atoms with Gasteiger partial charge in [0.25, 0.3) is 0 Å². The van der Waals surface area contributed by atoms with E-state index < -0.39 is 15.6 Å². The summed E-state index contributed by atoms with van der Waals surface area (Å²) in [7, 11) is -2.10. The van der Waals surface area contributed by atoms with Crippen molar-refractivity contribution in [1.82, 2.24) is 4.72 Å². The Morgan fingerprint density at radius 1 is 1.32 bits per heavy atom. The lowest BCUT2D eigenvalue weighted by Gasteiger charge is -2.31. The Kier molecular flexibility index (Phi) is 5.34. The van der Waals surface area contributed by atoms with Crippen LogP contribution < -0.4 is 15.2 Å². The van der Waals surface area contributed by atoms with E-state index >= 15 is 0 Å². The highest BCUT2D eigenvalue weighted by Crippen LogP contribution is 2.21. The standard InChI is InChI=1S/C13H22N2O3S/c1-4-13(5-2,10-14)15-19(16,17)12-8-6-7-11(9-12)18-3/h6-9,15H,4-5,10,14H2,1-3H3.